The molecule has 2 aliphatic heterocycles. The van der Waals surface area contributed by atoms with Crippen LogP contribution in [-0.4, -0.2) is 35.8 Å². The molecule has 0 unspecified atom stereocenters. The summed E-state index contributed by atoms with van der Waals surface area (Å²) < 4.78 is 10.7. The Balaban J connectivity index is 1.39. The molecule has 1 fully saturated rings. The Morgan fingerprint density at radius 2 is 2.04 bits per heavy atom. The molecule has 1 aromatic heterocycles. The number of rotatable bonds is 4. The van der Waals surface area contributed by atoms with Gasteiger partial charge in [-0.1, -0.05) is 13.0 Å². The van der Waals surface area contributed by atoms with Crippen LogP contribution in [0.4, 0.5) is 5.95 Å². The van der Waals surface area contributed by atoms with Gasteiger partial charge in [-0.25, -0.2) is 9.97 Å². The van der Waals surface area contributed by atoms with Crippen LogP contribution < -0.4 is 19.7 Å². The minimum absolute atomic E-state index is 0.211. The summed E-state index contributed by atoms with van der Waals surface area (Å²) in [5.74, 6) is 2.60. The van der Waals surface area contributed by atoms with Crippen LogP contribution in [0.15, 0.2) is 30.5 Å². The molecule has 3 heterocycles. The maximum atomic E-state index is 12.5. The maximum absolute atomic E-state index is 12.5. The van der Waals surface area contributed by atoms with E-state index < -0.39 is 0 Å². The molecule has 7 nitrogen and oxygen atoms in total. The van der Waals surface area contributed by atoms with Gasteiger partial charge in [-0.05, 0) is 42.5 Å². The number of benzene rings is 1. The van der Waals surface area contributed by atoms with Crippen LogP contribution in [0.2, 0.25) is 0 Å². The van der Waals surface area contributed by atoms with Crippen molar-refractivity contribution in [2.24, 2.45) is 5.92 Å². The lowest BCUT2D eigenvalue weighted by Gasteiger charge is -2.30. The standard InChI is InChI=1S/C19H22N4O3/c1-13-5-8-23(9-6-13)19-20-7-4-15(22-19)18(24)21-11-14-2-3-16-17(10-14)26-12-25-16/h2-4,7,10,13H,5-6,8-9,11-12H2,1H3,(H,21,24). The van der Waals surface area contributed by atoms with E-state index in [4.69, 9.17) is 9.47 Å². The molecule has 7 heteroatoms. The first-order valence-electron chi connectivity index (χ1n) is 8.94. The summed E-state index contributed by atoms with van der Waals surface area (Å²) in [6, 6.07) is 7.28. The lowest BCUT2D eigenvalue weighted by Crippen LogP contribution is -2.34. The molecule has 26 heavy (non-hydrogen) atoms. The first-order valence-corrected chi connectivity index (χ1v) is 8.94. The summed E-state index contributed by atoms with van der Waals surface area (Å²) in [4.78, 5) is 23.4. The number of carbonyl (C=O) groups excluding carboxylic acids is 1. The van der Waals surface area contributed by atoms with E-state index in [1.54, 1.807) is 12.3 Å². The molecule has 0 spiro atoms. The zero-order chi connectivity index (χ0) is 17.9. The zero-order valence-corrected chi connectivity index (χ0v) is 14.8. The van der Waals surface area contributed by atoms with Gasteiger partial charge in [0.2, 0.25) is 12.7 Å². The number of aromatic nitrogens is 2. The molecule has 0 saturated carbocycles. The average molecular weight is 354 g/mol. The molecular formula is C19H22N4O3. The molecule has 1 N–H and O–H groups in total. The number of fused-ring (bicyclic) bond motifs is 1. The Labute approximate surface area is 152 Å². The summed E-state index contributed by atoms with van der Waals surface area (Å²) in [5, 5.41) is 2.90. The third kappa shape index (κ3) is 3.56. The predicted molar refractivity (Wildman–Crippen MR) is 96.4 cm³/mol. The van der Waals surface area contributed by atoms with Crippen molar-refractivity contribution in [1.82, 2.24) is 15.3 Å². The second kappa shape index (κ2) is 7.19. The number of ether oxygens (including phenoxy) is 2. The van der Waals surface area contributed by atoms with E-state index in [1.807, 2.05) is 18.2 Å². The zero-order valence-electron chi connectivity index (χ0n) is 14.8. The van der Waals surface area contributed by atoms with E-state index in [-0.39, 0.29) is 12.7 Å². The number of anilines is 1. The highest BCUT2D eigenvalue weighted by atomic mass is 16.7. The van der Waals surface area contributed by atoms with Crippen LogP contribution in [-0.2, 0) is 6.54 Å². The van der Waals surface area contributed by atoms with Crippen molar-refractivity contribution < 1.29 is 14.3 Å². The molecule has 2 aromatic rings. The number of nitrogens with zero attached hydrogens (tertiary/aromatic N) is 3. The molecule has 136 valence electrons. The third-order valence-corrected chi connectivity index (χ3v) is 4.83. The molecule has 1 saturated heterocycles. The molecular weight excluding hydrogens is 332 g/mol. The van der Waals surface area contributed by atoms with Crippen LogP contribution in [0.3, 0.4) is 0 Å². The smallest absolute Gasteiger partial charge is 0.270 e. The van der Waals surface area contributed by atoms with E-state index in [9.17, 15) is 4.79 Å². The van der Waals surface area contributed by atoms with Gasteiger partial charge in [0, 0.05) is 25.8 Å². The second-order valence-electron chi connectivity index (χ2n) is 6.78. The van der Waals surface area contributed by atoms with Gasteiger partial charge in [0.15, 0.2) is 11.5 Å². The van der Waals surface area contributed by atoms with Crippen LogP contribution in [0.25, 0.3) is 0 Å². The fourth-order valence-corrected chi connectivity index (χ4v) is 3.16. The van der Waals surface area contributed by atoms with E-state index in [2.05, 4.69) is 27.1 Å². The van der Waals surface area contributed by atoms with E-state index >= 15 is 0 Å². The molecule has 4 rings (SSSR count). The Morgan fingerprint density at radius 3 is 2.88 bits per heavy atom. The highest BCUT2D eigenvalue weighted by molar-refractivity contribution is 5.92. The van der Waals surface area contributed by atoms with Gasteiger partial charge in [0.1, 0.15) is 5.69 Å². The summed E-state index contributed by atoms with van der Waals surface area (Å²) >= 11 is 0. The normalized spacial score (nSPS) is 16.6. The summed E-state index contributed by atoms with van der Waals surface area (Å²) in [7, 11) is 0. The van der Waals surface area contributed by atoms with E-state index in [0.717, 1.165) is 43.2 Å². The van der Waals surface area contributed by atoms with Gasteiger partial charge in [-0.2, -0.15) is 0 Å². The molecule has 0 aliphatic carbocycles. The summed E-state index contributed by atoms with van der Waals surface area (Å²) in [6.07, 6.45) is 3.91. The topological polar surface area (TPSA) is 76.6 Å². The highest BCUT2D eigenvalue weighted by Crippen LogP contribution is 2.32. The van der Waals surface area contributed by atoms with Gasteiger partial charge in [-0.3, -0.25) is 4.79 Å². The van der Waals surface area contributed by atoms with E-state index in [1.165, 1.54) is 0 Å². The van der Waals surface area contributed by atoms with Crippen LogP contribution in [0.1, 0.15) is 35.8 Å². The lowest BCUT2D eigenvalue weighted by atomic mass is 10.00. The minimum Gasteiger partial charge on any atom is -0.454 e. The van der Waals surface area contributed by atoms with Crippen LogP contribution in [0, 0.1) is 5.92 Å². The molecule has 0 bridgehead atoms. The largest absolute Gasteiger partial charge is 0.454 e. The van der Waals surface area contributed by atoms with Crippen LogP contribution in [0.5, 0.6) is 11.5 Å². The molecule has 2 aliphatic rings. The molecule has 1 amide bonds. The lowest BCUT2D eigenvalue weighted by molar-refractivity contribution is 0.0945. The first-order chi connectivity index (χ1) is 12.7. The quantitative estimate of drug-likeness (QED) is 0.908. The average Bonchev–Trinajstić information content (AvgIpc) is 3.14. The Bertz CT molecular complexity index is 803. The number of amides is 1. The van der Waals surface area contributed by atoms with Crippen molar-refractivity contribution in [3.8, 4) is 11.5 Å². The number of piperidine rings is 1. The van der Waals surface area contributed by atoms with Crippen molar-refractivity contribution in [2.45, 2.75) is 26.3 Å². The fraction of sp³-hybridized carbons (Fsp3) is 0.421. The maximum Gasteiger partial charge on any atom is 0.270 e. The number of nitrogens with one attached hydrogen (secondary N) is 1. The summed E-state index contributed by atoms with van der Waals surface area (Å²) in [6.45, 7) is 4.77. The number of carbonyl (C=O) groups is 1. The van der Waals surface area contributed by atoms with Crippen molar-refractivity contribution in [1.29, 1.82) is 0 Å². The second-order valence-corrected chi connectivity index (χ2v) is 6.78. The fourth-order valence-electron chi connectivity index (χ4n) is 3.16. The van der Waals surface area contributed by atoms with Gasteiger partial charge in [0.25, 0.3) is 5.91 Å². The monoisotopic (exact) mass is 354 g/mol. The van der Waals surface area contributed by atoms with Crippen molar-refractivity contribution >= 4 is 11.9 Å². The van der Waals surface area contributed by atoms with Crippen molar-refractivity contribution in [3.05, 3.63) is 41.7 Å². The third-order valence-electron chi connectivity index (χ3n) is 4.83. The van der Waals surface area contributed by atoms with Gasteiger partial charge in [0.05, 0.1) is 0 Å². The van der Waals surface area contributed by atoms with Crippen molar-refractivity contribution in [3.63, 3.8) is 0 Å². The first kappa shape index (κ1) is 16.6. The Morgan fingerprint density at radius 1 is 1.23 bits per heavy atom. The SMILES string of the molecule is CC1CCN(c2nccc(C(=O)NCc3ccc4c(c3)OCO4)n2)CC1. The Hall–Kier alpha value is -2.83. The van der Waals surface area contributed by atoms with Gasteiger partial charge in [-0.15, -0.1) is 0 Å². The highest BCUT2D eigenvalue weighted by Gasteiger charge is 2.19. The minimum atomic E-state index is -0.211. The molecule has 0 radical (unpaired) electrons. The van der Waals surface area contributed by atoms with Gasteiger partial charge < -0.3 is 19.7 Å². The summed E-state index contributed by atoms with van der Waals surface area (Å²) in [5.41, 5.74) is 1.33. The van der Waals surface area contributed by atoms with Gasteiger partial charge >= 0.3 is 0 Å². The number of hydrogen-bond acceptors (Lipinski definition) is 6. The van der Waals surface area contributed by atoms with Crippen LogP contribution >= 0.6 is 0 Å². The molecule has 1 aromatic carbocycles. The molecule has 0 atom stereocenters. The Kier molecular flexibility index (Phi) is 4.60. The number of hydrogen-bond donors (Lipinski definition) is 1. The van der Waals surface area contributed by atoms with Crippen molar-refractivity contribution in [2.75, 3.05) is 24.8 Å². The predicted octanol–water partition coefficient (Wildman–Crippen LogP) is 2.37. The van der Waals surface area contributed by atoms with E-state index in [0.29, 0.717) is 23.9 Å².